The predicted octanol–water partition coefficient (Wildman–Crippen LogP) is 6.82. The summed E-state index contributed by atoms with van der Waals surface area (Å²) in [6.45, 7) is 2.94. The predicted molar refractivity (Wildman–Crippen MR) is 100 cm³/mol. The van der Waals surface area contributed by atoms with Crippen molar-refractivity contribution in [1.82, 2.24) is 0 Å². The maximum absolute atomic E-state index is 14.4. The van der Waals surface area contributed by atoms with E-state index >= 15 is 0 Å². The molecule has 1 saturated heterocycles. The van der Waals surface area contributed by atoms with E-state index in [1.54, 1.807) is 0 Å². The van der Waals surface area contributed by atoms with E-state index < -0.39 is 41.3 Å². The van der Waals surface area contributed by atoms with E-state index in [0.29, 0.717) is 25.3 Å². The summed E-state index contributed by atoms with van der Waals surface area (Å²) in [7, 11) is 0. The largest absolute Gasteiger partial charge is 0.429 e. The third kappa shape index (κ3) is 5.92. The monoisotopic (exact) mass is 448 g/mol. The Morgan fingerprint density at radius 2 is 1.61 bits per heavy atom. The second-order valence-electron chi connectivity index (χ2n) is 7.39. The number of rotatable bonds is 7. The molecular formula is C22H22F6O3. The van der Waals surface area contributed by atoms with Gasteiger partial charge >= 0.3 is 12.3 Å². The van der Waals surface area contributed by atoms with Gasteiger partial charge in [-0.25, -0.2) is 4.39 Å². The minimum Gasteiger partial charge on any atom is -0.429 e. The van der Waals surface area contributed by atoms with Gasteiger partial charge in [0, 0.05) is 11.5 Å². The Labute approximate surface area is 175 Å². The molecule has 0 spiro atoms. The second kappa shape index (κ2) is 9.48. The van der Waals surface area contributed by atoms with Gasteiger partial charge in [-0.05, 0) is 42.8 Å². The van der Waals surface area contributed by atoms with E-state index in [2.05, 4.69) is 11.7 Å². The average Bonchev–Trinajstić information content (AvgIpc) is 2.72. The fourth-order valence-electron chi connectivity index (χ4n) is 3.22. The minimum atomic E-state index is -4.61. The highest BCUT2D eigenvalue weighted by Gasteiger charge is 2.39. The molecule has 2 aromatic carbocycles. The first-order valence-corrected chi connectivity index (χ1v) is 9.87. The van der Waals surface area contributed by atoms with Crippen LogP contribution >= 0.6 is 0 Å². The van der Waals surface area contributed by atoms with Crippen LogP contribution in [0.25, 0.3) is 0 Å². The summed E-state index contributed by atoms with van der Waals surface area (Å²) in [6, 6.07) is 5.71. The molecule has 0 saturated carbocycles. The van der Waals surface area contributed by atoms with Crippen molar-refractivity contribution in [2.75, 3.05) is 13.2 Å². The van der Waals surface area contributed by atoms with Crippen LogP contribution in [0.3, 0.4) is 0 Å². The Balaban J connectivity index is 1.67. The van der Waals surface area contributed by atoms with E-state index in [0.717, 1.165) is 43.5 Å². The molecule has 0 radical (unpaired) electrons. The minimum absolute atomic E-state index is 0.238. The lowest BCUT2D eigenvalue weighted by atomic mass is 10.0. The summed E-state index contributed by atoms with van der Waals surface area (Å²) in [6.07, 6.45) is -6.52. The molecule has 0 amide bonds. The van der Waals surface area contributed by atoms with E-state index in [1.165, 1.54) is 6.07 Å². The zero-order valence-corrected chi connectivity index (χ0v) is 16.7. The molecule has 0 aliphatic carbocycles. The quantitative estimate of drug-likeness (QED) is 0.435. The Hall–Kier alpha value is -2.26. The maximum atomic E-state index is 14.4. The molecule has 0 atom stereocenters. The van der Waals surface area contributed by atoms with Crippen molar-refractivity contribution in [2.24, 2.45) is 5.92 Å². The van der Waals surface area contributed by atoms with Crippen LogP contribution in [0, 0.1) is 11.7 Å². The molecule has 3 rings (SSSR count). The van der Waals surface area contributed by atoms with Gasteiger partial charge in [-0.2, -0.15) is 22.0 Å². The van der Waals surface area contributed by atoms with Crippen LogP contribution in [0.15, 0.2) is 42.5 Å². The van der Waals surface area contributed by atoms with Crippen LogP contribution < -0.4 is 4.74 Å². The second-order valence-corrected chi connectivity index (χ2v) is 7.39. The van der Waals surface area contributed by atoms with Crippen LogP contribution in [0.1, 0.15) is 49.2 Å². The van der Waals surface area contributed by atoms with E-state index in [-0.39, 0.29) is 11.5 Å². The van der Waals surface area contributed by atoms with Crippen LogP contribution in [-0.4, -0.2) is 13.2 Å². The van der Waals surface area contributed by atoms with E-state index in [1.807, 2.05) is 0 Å². The van der Waals surface area contributed by atoms with Gasteiger partial charge in [0.25, 0.3) is 0 Å². The van der Waals surface area contributed by atoms with Gasteiger partial charge < -0.3 is 14.2 Å². The van der Waals surface area contributed by atoms with Gasteiger partial charge in [0.1, 0.15) is 11.6 Å². The standard InChI is InChI=1S/C22H22F6O3/c1-2-3-4-14-12-29-20(30-13-14)15-5-10-18(19(23)11-15)22(27,28)31-17-8-6-16(7-9-17)21(24,25)26/h5-11,14,20H,2-4,12-13H2,1H3. The van der Waals surface area contributed by atoms with Crippen molar-refractivity contribution < 1.29 is 40.6 Å². The summed E-state index contributed by atoms with van der Waals surface area (Å²) in [5.74, 6) is -1.53. The number of alkyl halides is 5. The number of benzene rings is 2. The first kappa shape index (κ1) is 23.4. The van der Waals surface area contributed by atoms with Crippen molar-refractivity contribution in [3.8, 4) is 5.75 Å². The highest BCUT2D eigenvalue weighted by atomic mass is 19.4. The Morgan fingerprint density at radius 3 is 2.16 bits per heavy atom. The zero-order valence-electron chi connectivity index (χ0n) is 16.7. The lowest BCUT2D eigenvalue weighted by molar-refractivity contribution is -0.206. The lowest BCUT2D eigenvalue weighted by Gasteiger charge is -2.30. The van der Waals surface area contributed by atoms with E-state index in [9.17, 15) is 26.3 Å². The van der Waals surface area contributed by atoms with Crippen molar-refractivity contribution >= 4 is 0 Å². The van der Waals surface area contributed by atoms with Gasteiger partial charge in [0.2, 0.25) is 0 Å². The normalized spacial score (nSPS) is 20.0. The van der Waals surface area contributed by atoms with Crippen molar-refractivity contribution in [3.63, 3.8) is 0 Å². The van der Waals surface area contributed by atoms with Gasteiger partial charge in [0.05, 0.1) is 24.3 Å². The molecule has 1 heterocycles. The first-order chi connectivity index (χ1) is 14.6. The summed E-state index contributed by atoms with van der Waals surface area (Å²) in [5, 5.41) is 0. The lowest BCUT2D eigenvalue weighted by Crippen LogP contribution is -2.27. The zero-order chi connectivity index (χ0) is 22.6. The third-order valence-corrected chi connectivity index (χ3v) is 4.94. The van der Waals surface area contributed by atoms with Crippen LogP contribution in [0.5, 0.6) is 5.75 Å². The summed E-state index contributed by atoms with van der Waals surface area (Å²) in [5.41, 5.74) is -1.81. The van der Waals surface area contributed by atoms with E-state index in [4.69, 9.17) is 9.47 Å². The fraction of sp³-hybridized carbons (Fsp3) is 0.455. The Bertz CT molecular complexity index is 859. The summed E-state index contributed by atoms with van der Waals surface area (Å²) in [4.78, 5) is 0. The Morgan fingerprint density at radius 1 is 0.968 bits per heavy atom. The SMILES string of the molecule is CCCCC1COC(c2ccc(C(F)(F)Oc3ccc(C(F)(F)F)cc3)c(F)c2)OC1. The first-order valence-electron chi connectivity index (χ1n) is 9.87. The van der Waals surface area contributed by atoms with Gasteiger partial charge in [-0.15, -0.1) is 0 Å². The Kier molecular flexibility index (Phi) is 7.16. The van der Waals surface area contributed by atoms with Crippen LogP contribution in [0.2, 0.25) is 0 Å². The summed E-state index contributed by atoms with van der Waals surface area (Å²) >= 11 is 0. The topological polar surface area (TPSA) is 27.7 Å². The third-order valence-electron chi connectivity index (χ3n) is 4.94. The number of ether oxygens (including phenoxy) is 3. The molecule has 9 heteroatoms. The van der Waals surface area contributed by atoms with Crippen LogP contribution in [-0.2, 0) is 21.8 Å². The maximum Gasteiger partial charge on any atom is 0.429 e. The molecule has 2 aromatic rings. The highest BCUT2D eigenvalue weighted by molar-refractivity contribution is 5.32. The smallest absolute Gasteiger partial charge is 0.429 e. The molecular weight excluding hydrogens is 426 g/mol. The molecule has 1 fully saturated rings. The number of unbranched alkanes of at least 4 members (excludes halogenated alkanes) is 1. The van der Waals surface area contributed by atoms with Crippen molar-refractivity contribution in [2.45, 2.75) is 44.8 Å². The number of halogens is 6. The molecule has 0 bridgehead atoms. The summed E-state index contributed by atoms with van der Waals surface area (Å²) < 4.78 is 96.7. The molecule has 170 valence electrons. The molecule has 1 aliphatic rings. The van der Waals surface area contributed by atoms with Crippen molar-refractivity contribution in [1.29, 1.82) is 0 Å². The highest BCUT2D eigenvalue weighted by Crippen LogP contribution is 2.37. The average molecular weight is 448 g/mol. The molecule has 0 unspecified atom stereocenters. The molecule has 1 aliphatic heterocycles. The van der Waals surface area contributed by atoms with Crippen LogP contribution in [0.4, 0.5) is 26.3 Å². The number of hydrogen-bond acceptors (Lipinski definition) is 3. The van der Waals surface area contributed by atoms with Gasteiger partial charge in [-0.1, -0.05) is 25.8 Å². The number of hydrogen-bond donors (Lipinski definition) is 0. The molecule has 3 nitrogen and oxygen atoms in total. The molecule has 0 aromatic heterocycles. The van der Waals surface area contributed by atoms with Gasteiger partial charge in [0.15, 0.2) is 6.29 Å². The molecule has 31 heavy (non-hydrogen) atoms. The fourth-order valence-corrected chi connectivity index (χ4v) is 3.22. The van der Waals surface area contributed by atoms with Gasteiger partial charge in [-0.3, -0.25) is 0 Å². The van der Waals surface area contributed by atoms with Crippen molar-refractivity contribution in [3.05, 3.63) is 65.0 Å². The molecule has 0 N–H and O–H groups in total.